The molecule has 0 saturated carbocycles. The second-order valence-corrected chi connectivity index (χ2v) is 7.58. The van der Waals surface area contributed by atoms with Crippen LogP contribution in [0.4, 0.5) is 0 Å². The molecule has 0 saturated heterocycles. The molecule has 0 fully saturated rings. The Balaban J connectivity index is 0. The molecule has 0 aromatic heterocycles. The van der Waals surface area contributed by atoms with Crippen molar-refractivity contribution in [3.8, 4) is 0 Å². The molecule has 10 heavy (non-hydrogen) atoms. The van der Waals surface area contributed by atoms with Crippen LogP contribution in [0.25, 0.3) is 0 Å². The van der Waals surface area contributed by atoms with E-state index in [9.17, 15) is 9.13 Å². The van der Waals surface area contributed by atoms with Gasteiger partial charge in [0, 0.05) is 13.3 Å². The summed E-state index contributed by atoms with van der Waals surface area (Å²) >= 11 is 0. The predicted molar refractivity (Wildman–Crippen MR) is 44.9 cm³/mol. The quantitative estimate of drug-likeness (QED) is 0.477. The van der Waals surface area contributed by atoms with Gasteiger partial charge in [0.1, 0.15) is 5.90 Å². The second-order valence-electron chi connectivity index (χ2n) is 2.24. The predicted octanol–water partition coefficient (Wildman–Crippen LogP) is -0.172. The summed E-state index contributed by atoms with van der Waals surface area (Å²) in [6.45, 7) is 2.14. The summed E-state index contributed by atoms with van der Waals surface area (Å²) in [7, 11) is -6.60. The zero-order valence-corrected chi connectivity index (χ0v) is 7.10. The molecular formula is C3H12MgO4P2. The van der Waals surface area contributed by atoms with Gasteiger partial charge in [-0.2, -0.15) is 0 Å². The standard InChI is InChI=1S/C3H10O4P2.Mg.2H/c1-8(4,5)3-9(2,6)7;;;/h3H2,1-2H3,(H,4,5)(H,6,7);;;. The highest BCUT2D eigenvalue weighted by atomic mass is 31.2. The lowest BCUT2D eigenvalue weighted by molar-refractivity contribution is 0.473. The lowest BCUT2D eigenvalue weighted by atomic mass is 11.9. The summed E-state index contributed by atoms with van der Waals surface area (Å²) in [5, 5.41) is 0. The Morgan fingerprint density at radius 2 is 1.30 bits per heavy atom. The fourth-order valence-corrected chi connectivity index (χ4v) is 4.38. The van der Waals surface area contributed by atoms with Crippen LogP contribution in [0.15, 0.2) is 0 Å². The normalized spacial score (nSPS) is 22.0. The minimum Gasteiger partial charge on any atom is -0.344 e. The summed E-state index contributed by atoms with van der Waals surface area (Å²) in [5.41, 5.74) is 0. The zero-order valence-electron chi connectivity index (χ0n) is 5.31. The molecule has 0 spiro atoms. The Morgan fingerprint density at radius 1 is 1.10 bits per heavy atom. The molecule has 0 aliphatic heterocycles. The first-order valence-corrected chi connectivity index (χ1v) is 6.88. The fraction of sp³-hybridized carbons (Fsp3) is 1.00. The van der Waals surface area contributed by atoms with E-state index in [4.69, 9.17) is 9.79 Å². The molecule has 0 aliphatic rings. The van der Waals surface area contributed by atoms with E-state index in [2.05, 4.69) is 0 Å². The SMILES string of the molecule is CP(=O)(O)CP(C)(=O)O.[MgH2]. The van der Waals surface area contributed by atoms with Gasteiger partial charge in [0.15, 0.2) is 0 Å². The lowest BCUT2D eigenvalue weighted by Gasteiger charge is -2.06. The van der Waals surface area contributed by atoms with Crippen LogP contribution in [0.5, 0.6) is 0 Å². The monoisotopic (exact) mass is 198 g/mol. The van der Waals surface area contributed by atoms with Gasteiger partial charge < -0.3 is 9.79 Å². The van der Waals surface area contributed by atoms with Gasteiger partial charge in [0.2, 0.25) is 14.7 Å². The van der Waals surface area contributed by atoms with Crippen LogP contribution in [-0.2, 0) is 9.13 Å². The van der Waals surface area contributed by atoms with Gasteiger partial charge in [-0.05, 0) is 0 Å². The van der Waals surface area contributed by atoms with Crippen molar-refractivity contribution in [1.82, 2.24) is 0 Å². The van der Waals surface area contributed by atoms with Crippen LogP contribution in [0, 0.1) is 0 Å². The van der Waals surface area contributed by atoms with Crippen LogP contribution >= 0.6 is 14.7 Å². The average Bonchev–Trinajstić information content (AvgIpc) is 1.14. The van der Waals surface area contributed by atoms with Crippen molar-refractivity contribution in [2.75, 3.05) is 19.2 Å². The molecule has 60 valence electrons. The molecule has 0 radical (unpaired) electrons. The third-order valence-corrected chi connectivity index (χ3v) is 4.72. The topological polar surface area (TPSA) is 74.6 Å². The molecule has 0 heterocycles. The van der Waals surface area contributed by atoms with E-state index < -0.39 is 20.6 Å². The third-order valence-electron chi connectivity index (χ3n) is 0.525. The van der Waals surface area contributed by atoms with E-state index in [0.29, 0.717) is 0 Å². The Hall–Kier alpha value is 1.15. The molecule has 7 heteroatoms. The Morgan fingerprint density at radius 3 is 1.30 bits per heavy atom. The molecule has 0 bridgehead atoms. The maximum Gasteiger partial charge on any atom is 0.316 e. The van der Waals surface area contributed by atoms with Crippen molar-refractivity contribution >= 4 is 37.8 Å². The van der Waals surface area contributed by atoms with Crippen molar-refractivity contribution in [3.05, 3.63) is 0 Å². The van der Waals surface area contributed by atoms with E-state index in [-0.39, 0.29) is 23.1 Å². The van der Waals surface area contributed by atoms with Crippen molar-refractivity contribution in [2.24, 2.45) is 0 Å². The van der Waals surface area contributed by atoms with Crippen molar-refractivity contribution < 1.29 is 18.9 Å². The molecule has 0 aliphatic carbocycles. The van der Waals surface area contributed by atoms with Gasteiger partial charge in [-0.15, -0.1) is 0 Å². The van der Waals surface area contributed by atoms with E-state index in [0.717, 1.165) is 13.3 Å². The highest BCUT2D eigenvalue weighted by Gasteiger charge is 2.21. The van der Waals surface area contributed by atoms with Crippen molar-refractivity contribution in [1.29, 1.82) is 0 Å². The van der Waals surface area contributed by atoms with Crippen LogP contribution in [0.3, 0.4) is 0 Å². The summed E-state index contributed by atoms with van der Waals surface area (Å²) in [5.74, 6) is -0.486. The maximum atomic E-state index is 10.5. The van der Waals surface area contributed by atoms with Crippen molar-refractivity contribution in [2.45, 2.75) is 0 Å². The van der Waals surface area contributed by atoms with Gasteiger partial charge in [-0.25, -0.2) is 0 Å². The summed E-state index contributed by atoms with van der Waals surface area (Å²) in [4.78, 5) is 17.2. The van der Waals surface area contributed by atoms with Crippen LogP contribution < -0.4 is 0 Å². The highest BCUT2D eigenvalue weighted by molar-refractivity contribution is 7.74. The first kappa shape index (κ1) is 13.7. The number of hydrogen-bond acceptors (Lipinski definition) is 2. The summed E-state index contributed by atoms with van der Waals surface area (Å²) in [6.07, 6.45) is 0. The first-order chi connectivity index (χ1) is 3.71. The largest absolute Gasteiger partial charge is 0.344 e. The summed E-state index contributed by atoms with van der Waals surface area (Å²) in [6, 6.07) is 0. The molecular weight excluding hydrogens is 186 g/mol. The van der Waals surface area contributed by atoms with Gasteiger partial charge >= 0.3 is 23.1 Å². The first-order valence-electron chi connectivity index (χ1n) is 2.29. The zero-order chi connectivity index (χ0) is 7.71. The fourth-order valence-electron chi connectivity index (χ4n) is 0.487. The van der Waals surface area contributed by atoms with Crippen LogP contribution in [-0.4, -0.2) is 52.1 Å². The molecule has 2 N–H and O–H groups in total. The smallest absolute Gasteiger partial charge is 0.316 e. The lowest BCUT2D eigenvalue weighted by Crippen LogP contribution is -1.86. The highest BCUT2D eigenvalue weighted by Crippen LogP contribution is 2.52. The molecule has 0 amide bonds. The number of rotatable bonds is 2. The van der Waals surface area contributed by atoms with Crippen LogP contribution in [0.2, 0.25) is 0 Å². The van der Waals surface area contributed by atoms with Crippen molar-refractivity contribution in [3.63, 3.8) is 0 Å². The third kappa shape index (κ3) is 11.9. The Labute approximate surface area is 76.1 Å². The van der Waals surface area contributed by atoms with E-state index in [1.165, 1.54) is 0 Å². The Bertz CT molecular complexity index is 159. The van der Waals surface area contributed by atoms with E-state index >= 15 is 0 Å². The molecule has 2 unspecified atom stereocenters. The maximum absolute atomic E-state index is 10.5. The van der Waals surface area contributed by atoms with E-state index in [1.807, 2.05) is 0 Å². The second kappa shape index (κ2) is 4.24. The van der Waals surface area contributed by atoms with Crippen LogP contribution in [0.1, 0.15) is 0 Å². The Kier molecular flexibility index (Phi) is 5.82. The van der Waals surface area contributed by atoms with Gasteiger partial charge in [0.25, 0.3) is 0 Å². The molecule has 0 aromatic carbocycles. The van der Waals surface area contributed by atoms with Gasteiger partial charge in [0.05, 0.1) is 0 Å². The number of hydrogen-bond donors (Lipinski definition) is 2. The molecule has 2 atom stereocenters. The summed E-state index contributed by atoms with van der Waals surface area (Å²) < 4.78 is 20.9. The average molecular weight is 198 g/mol. The van der Waals surface area contributed by atoms with Gasteiger partial charge in [-0.1, -0.05) is 0 Å². The molecule has 4 nitrogen and oxygen atoms in total. The van der Waals surface area contributed by atoms with E-state index in [1.54, 1.807) is 0 Å². The van der Waals surface area contributed by atoms with Gasteiger partial charge in [-0.3, -0.25) is 9.13 Å². The molecule has 0 rings (SSSR count). The molecule has 0 aromatic rings. The minimum atomic E-state index is -3.30. The minimum absolute atomic E-state index is 0.